The minimum atomic E-state index is 0.0681. The van der Waals surface area contributed by atoms with E-state index >= 15 is 0 Å². The third-order valence-corrected chi connectivity index (χ3v) is 3.55. The average Bonchev–Trinajstić information content (AvgIpc) is 2.34. The van der Waals surface area contributed by atoms with Crippen LogP contribution in [0.5, 0.6) is 0 Å². The molecule has 1 aromatic carbocycles. The number of anilines is 1. The number of amidine groups is 1. The van der Waals surface area contributed by atoms with Gasteiger partial charge < -0.3 is 15.7 Å². The summed E-state index contributed by atoms with van der Waals surface area (Å²) in [5.74, 6) is 0.0681. The summed E-state index contributed by atoms with van der Waals surface area (Å²) in [6.07, 6.45) is 1.97. The minimum Gasteiger partial charge on any atom is -0.395 e. The summed E-state index contributed by atoms with van der Waals surface area (Å²) in [5.41, 5.74) is 7.38. The van der Waals surface area contributed by atoms with E-state index in [0.29, 0.717) is 6.54 Å². The number of nitrogens with zero attached hydrogens (tertiary/aromatic N) is 1. The normalized spacial score (nSPS) is 10.7. The van der Waals surface area contributed by atoms with Crippen LogP contribution in [0.25, 0.3) is 0 Å². The molecule has 0 aromatic heterocycles. The Hall–Kier alpha value is -1.20. The third-order valence-electron chi connectivity index (χ3n) is 2.77. The van der Waals surface area contributed by atoms with Crippen molar-refractivity contribution in [2.45, 2.75) is 24.8 Å². The molecule has 0 bridgehead atoms. The smallest absolute Gasteiger partial charge is 0.126 e. The van der Waals surface area contributed by atoms with Crippen molar-refractivity contribution in [2.75, 3.05) is 24.3 Å². The van der Waals surface area contributed by atoms with E-state index < -0.39 is 0 Å². The Balaban J connectivity index is 3.32. The van der Waals surface area contributed by atoms with Crippen LogP contribution in [-0.4, -0.2) is 36.4 Å². The highest BCUT2D eigenvalue weighted by atomic mass is 32.2. The molecule has 0 fully saturated rings. The lowest BCUT2D eigenvalue weighted by Crippen LogP contribution is -2.35. The lowest BCUT2D eigenvalue weighted by atomic mass is 10.1. The van der Waals surface area contributed by atoms with Crippen molar-refractivity contribution in [3.8, 4) is 0 Å². The summed E-state index contributed by atoms with van der Waals surface area (Å²) >= 11 is 1.58. The van der Waals surface area contributed by atoms with E-state index in [1.165, 1.54) is 0 Å². The Morgan fingerprint density at radius 1 is 1.50 bits per heavy atom. The van der Waals surface area contributed by atoms with Crippen molar-refractivity contribution in [3.05, 3.63) is 23.8 Å². The SMILES string of the molecule is CSc1cccc(N(CCO)C(C)C)c1C(=N)N. The fourth-order valence-corrected chi connectivity index (χ4v) is 2.60. The average molecular weight is 267 g/mol. The van der Waals surface area contributed by atoms with Gasteiger partial charge in [0.2, 0.25) is 0 Å². The number of hydrogen-bond acceptors (Lipinski definition) is 4. The molecule has 4 N–H and O–H groups in total. The standard InChI is InChI=1S/C13H21N3OS/c1-9(2)16(7-8-17)10-5-4-6-11(18-3)12(10)13(14)15/h4-6,9,17H,7-8H2,1-3H3,(H3,14,15). The maximum absolute atomic E-state index is 9.17. The first-order chi connectivity index (χ1) is 8.52. The minimum absolute atomic E-state index is 0.0681. The molecule has 0 unspecified atom stereocenters. The molecule has 0 saturated carbocycles. The maximum atomic E-state index is 9.17. The Kier molecular flexibility index (Phi) is 5.50. The summed E-state index contributed by atoms with van der Waals surface area (Å²) in [6.45, 7) is 4.74. The van der Waals surface area contributed by atoms with Crippen molar-refractivity contribution in [3.63, 3.8) is 0 Å². The predicted octanol–water partition coefficient (Wildman–Crippen LogP) is 1.90. The van der Waals surface area contributed by atoms with Gasteiger partial charge in [0.05, 0.1) is 12.2 Å². The molecule has 0 heterocycles. The van der Waals surface area contributed by atoms with Crippen molar-refractivity contribution < 1.29 is 5.11 Å². The largest absolute Gasteiger partial charge is 0.395 e. The predicted molar refractivity (Wildman–Crippen MR) is 78.8 cm³/mol. The molecule has 1 aromatic rings. The van der Waals surface area contributed by atoms with Gasteiger partial charge in [-0.2, -0.15) is 0 Å². The molecule has 1 rings (SSSR count). The van der Waals surface area contributed by atoms with Crippen LogP contribution in [0.3, 0.4) is 0 Å². The highest BCUT2D eigenvalue weighted by Gasteiger charge is 2.18. The summed E-state index contributed by atoms with van der Waals surface area (Å²) in [5, 5.41) is 16.9. The molecule has 0 aliphatic carbocycles. The lowest BCUT2D eigenvalue weighted by Gasteiger charge is -2.30. The number of nitrogens with one attached hydrogen (secondary N) is 1. The zero-order valence-corrected chi connectivity index (χ0v) is 11.9. The summed E-state index contributed by atoms with van der Waals surface area (Å²) in [7, 11) is 0. The number of rotatable bonds is 6. The van der Waals surface area contributed by atoms with Gasteiger partial charge in [-0.15, -0.1) is 11.8 Å². The van der Waals surface area contributed by atoms with E-state index in [1.54, 1.807) is 11.8 Å². The third kappa shape index (κ3) is 3.17. The molecule has 0 saturated heterocycles. The van der Waals surface area contributed by atoms with Gasteiger partial charge >= 0.3 is 0 Å². The molecule has 0 amide bonds. The molecule has 0 atom stereocenters. The quantitative estimate of drug-likeness (QED) is 0.418. The molecule has 18 heavy (non-hydrogen) atoms. The highest BCUT2D eigenvalue weighted by molar-refractivity contribution is 7.98. The molecule has 5 heteroatoms. The summed E-state index contributed by atoms with van der Waals surface area (Å²) in [6, 6.07) is 6.11. The van der Waals surface area contributed by atoms with Crippen LogP contribution >= 0.6 is 11.8 Å². The summed E-state index contributed by atoms with van der Waals surface area (Å²) < 4.78 is 0. The van der Waals surface area contributed by atoms with Crippen molar-refractivity contribution in [2.24, 2.45) is 5.73 Å². The summed E-state index contributed by atoms with van der Waals surface area (Å²) in [4.78, 5) is 3.06. The first kappa shape index (κ1) is 14.9. The number of aliphatic hydroxyl groups excluding tert-OH is 1. The van der Waals surface area contributed by atoms with E-state index in [2.05, 4.69) is 18.7 Å². The van der Waals surface area contributed by atoms with Crippen LogP contribution in [0.15, 0.2) is 23.1 Å². The first-order valence-corrected chi connectivity index (χ1v) is 7.14. The molecular formula is C13H21N3OS. The van der Waals surface area contributed by atoms with Crippen molar-refractivity contribution in [1.29, 1.82) is 5.41 Å². The second-order valence-corrected chi connectivity index (χ2v) is 5.13. The van der Waals surface area contributed by atoms with E-state index in [9.17, 15) is 5.11 Å². The van der Waals surface area contributed by atoms with Crippen molar-refractivity contribution >= 4 is 23.3 Å². The topological polar surface area (TPSA) is 73.3 Å². The maximum Gasteiger partial charge on any atom is 0.126 e. The van der Waals surface area contributed by atoms with Crippen LogP contribution in [-0.2, 0) is 0 Å². The van der Waals surface area contributed by atoms with Crippen molar-refractivity contribution in [1.82, 2.24) is 0 Å². The Bertz CT molecular complexity index is 421. The second-order valence-electron chi connectivity index (χ2n) is 4.28. The van der Waals surface area contributed by atoms with Crippen LogP contribution < -0.4 is 10.6 Å². The van der Waals surface area contributed by atoms with Crippen LogP contribution in [0.4, 0.5) is 5.69 Å². The van der Waals surface area contributed by atoms with Gasteiger partial charge in [0, 0.05) is 23.2 Å². The van der Waals surface area contributed by atoms with Gasteiger partial charge in [0.15, 0.2) is 0 Å². The zero-order chi connectivity index (χ0) is 13.7. The zero-order valence-electron chi connectivity index (χ0n) is 11.1. The molecule has 0 aliphatic rings. The van der Waals surface area contributed by atoms with Gasteiger partial charge in [0.25, 0.3) is 0 Å². The second kappa shape index (κ2) is 6.66. The highest BCUT2D eigenvalue weighted by Crippen LogP contribution is 2.30. The number of nitrogens with two attached hydrogens (primary N) is 1. The van der Waals surface area contributed by atoms with Crippen LogP contribution in [0.1, 0.15) is 19.4 Å². The van der Waals surface area contributed by atoms with Gasteiger partial charge in [-0.05, 0) is 32.2 Å². The van der Waals surface area contributed by atoms with Crippen LogP contribution in [0.2, 0.25) is 0 Å². The molecular weight excluding hydrogens is 246 g/mol. The monoisotopic (exact) mass is 267 g/mol. The van der Waals surface area contributed by atoms with E-state index in [4.69, 9.17) is 11.1 Å². The number of hydrogen-bond donors (Lipinski definition) is 3. The number of thioether (sulfide) groups is 1. The van der Waals surface area contributed by atoms with Crippen LogP contribution in [0, 0.1) is 5.41 Å². The Labute approximate surface area is 113 Å². The van der Waals surface area contributed by atoms with E-state index in [-0.39, 0.29) is 18.5 Å². The number of benzene rings is 1. The molecule has 0 aliphatic heterocycles. The van der Waals surface area contributed by atoms with Gasteiger partial charge in [-0.25, -0.2) is 0 Å². The molecule has 0 radical (unpaired) electrons. The van der Waals surface area contributed by atoms with E-state index in [1.807, 2.05) is 24.5 Å². The Morgan fingerprint density at radius 3 is 2.61 bits per heavy atom. The first-order valence-electron chi connectivity index (χ1n) is 5.91. The van der Waals surface area contributed by atoms with Gasteiger partial charge in [-0.1, -0.05) is 6.07 Å². The number of nitrogen functional groups attached to an aromatic ring is 1. The molecule has 4 nitrogen and oxygen atoms in total. The lowest BCUT2D eigenvalue weighted by molar-refractivity contribution is 0.299. The molecule has 0 spiro atoms. The molecule has 100 valence electrons. The fourth-order valence-electron chi connectivity index (χ4n) is 1.96. The van der Waals surface area contributed by atoms with Gasteiger partial charge in [0.1, 0.15) is 5.84 Å². The van der Waals surface area contributed by atoms with E-state index in [0.717, 1.165) is 16.1 Å². The fraction of sp³-hybridized carbons (Fsp3) is 0.462. The van der Waals surface area contributed by atoms with Gasteiger partial charge in [-0.3, -0.25) is 5.41 Å². The Morgan fingerprint density at radius 2 is 2.17 bits per heavy atom. The number of aliphatic hydroxyl groups is 1.